The Hall–Kier alpha value is -3.41. The topological polar surface area (TPSA) is 78.9 Å². The van der Waals surface area contributed by atoms with E-state index in [-0.39, 0.29) is 37.5 Å². The number of unbranched alkanes of at least 4 members (excludes halogenated alkanes) is 28. The van der Waals surface area contributed by atoms with Gasteiger partial charge >= 0.3 is 17.9 Å². The van der Waals surface area contributed by atoms with Gasteiger partial charge in [0.15, 0.2) is 6.10 Å². The number of carbonyl (C=O) groups is 3. The zero-order valence-corrected chi connectivity index (χ0v) is 46.0. The Kier molecular flexibility index (Phi) is 55.3. The Labute approximate surface area is 433 Å². The van der Waals surface area contributed by atoms with Crippen molar-refractivity contribution in [1.29, 1.82) is 0 Å². The molecule has 402 valence electrons. The number of allylic oxidation sites excluding steroid dienone is 14. The second-order valence-electron chi connectivity index (χ2n) is 19.5. The van der Waals surface area contributed by atoms with E-state index in [1.807, 2.05) is 0 Å². The van der Waals surface area contributed by atoms with Crippen LogP contribution in [0.1, 0.15) is 284 Å². The summed E-state index contributed by atoms with van der Waals surface area (Å²) in [7, 11) is 0. The fourth-order valence-electron chi connectivity index (χ4n) is 8.21. The summed E-state index contributed by atoms with van der Waals surface area (Å²) in [4.78, 5) is 38.2. The molecule has 70 heavy (non-hydrogen) atoms. The molecule has 0 rings (SSSR count). The van der Waals surface area contributed by atoms with Crippen LogP contribution in [0.2, 0.25) is 0 Å². The zero-order valence-electron chi connectivity index (χ0n) is 46.0. The Bertz CT molecular complexity index is 1350. The lowest BCUT2D eigenvalue weighted by atomic mass is 10.0. The molecule has 1 unspecified atom stereocenters. The summed E-state index contributed by atoms with van der Waals surface area (Å²) in [6.07, 6.45) is 75.8. The molecule has 6 heteroatoms. The summed E-state index contributed by atoms with van der Waals surface area (Å²) in [5, 5.41) is 0. The van der Waals surface area contributed by atoms with Crippen molar-refractivity contribution in [3.05, 3.63) is 85.1 Å². The Morgan fingerprint density at radius 3 is 0.943 bits per heavy atom. The lowest BCUT2D eigenvalue weighted by molar-refractivity contribution is -0.167. The van der Waals surface area contributed by atoms with E-state index in [0.29, 0.717) is 12.8 Å². The molecule has 0 saturated carbocycles. The number of ether oxygens (including phenoxy) is 3. The molecular formula is C64H110O6. The summed E-state index contributed by atoms with van der Waals surface area (Å²) in [5.41, 5.74) is 0. The molecule has 0 aliphatic heterocycles. The van der Waals surface area contributed by atoms with E-state index in [9.17, 15) is 14.4 Å². The molecule has 0 aliphatic rings. The lowest BCUT2D eigenvalue weighted by Crippen LogP contribution is -2.30. The maximum atomic E-state index is 12.9. The first-order chi connectivity index (χ1) is 34.5. The molecule has 0 amide bonds. The Morgan fingerprint density at radius 2 is 0.586 bits per heavy atom. The van der Waals surface area contributed by atoms with Crippen LogP contribution in [-0.4, -0.2) is 37.2 Å². The average Bonchev–Trinajstić information content (AvgIpc) is 3.36. The van der Waals surface area contributed by atoms with E-state index in [1.165, 1.54) is 116 Å². The standard InChI is InChI=1S/C64H110O6/c1-4-7-10-13-16-19-22-25-27-29-31-33-34-36-39-42-45-48-51-54-57-63(66)69-60-61(59-68-62(65)56-53-50-47-44-41-38-24-21-18-15-12-9-6-3)70-64(67)58-55-52-49-46-43-40-37-35-32-30-28-26-23-20-17-14-11-8-5-2/h8,11-12,15,17,20-21,24,26,28,32,35,40,43,61H,4-7,9-10,13-14,16,18-19,22-23,25,27,29-31,33-34,36-39,41-42,44-60H2,1-3H3/b11-8-,15-12-,20-17-,24-21-,28-26-,35-32-,43-40-. The molecular weight excluding hydrogens is 865 g/mol. The van der Waals surface area contributed by atoms with E-state index in [1.54, 1.807) is 0 Å². The van der Waals surface area contributed by atoms with Crippen LogP contribution in [0.15, 0.2) is 85.1 Å². The fourth-order valence-corrected chi connectivity index (χ4v) is 8.21. The molecule has 1 atom stereocenters. The van der Waals surface area contributed by atoms with Crippen molar-refractivity contribution < 1.29 is 28.6 Å². The van der Waals surface area contributed by atoms with Crippen LogP contribution in [0.25, 0.3) is 0 Å². The molecule has 6 nitrogen and oxygen atoms in total. The van der Waals surface area contributed by atoms with E-state index in [4.69, 9.17) is 14.2 Å². The number of rotatable bonds is 53. The van der Waals surface area contributed by atoms with Crippen molar-refractivity contribution in [2.45, 2.75) is 290 Å². The molecule has 0 saturated heterocycles. The number of hydrogen-bond donors (Lipinski definition) is 0. The van der Waals surface area contributed by atoms with Crippen LogP contribution >= 0.6 is 0 Å². The maximum absolute atomic E-state index is 12.9. The van der Waals surface area contributed by atoms with Crippen molar-refractivity contribution >= 4 is 17.9 Å². The van der Waals surface area contributed by atoms with Crippen molar-refractivity contribution in [2.75, 3.05) is 13.2 Å². The van der Waals surface area contributed by atoms with Gasteiger partial charge < -0.3 is 14.2 Å². The fraction of sp³-hybridized carbons (Fsp3) is 0.734. The first-order valence-corrected chi connectivity index (χ1v) is 29.6. The molecule has 0 N–H and O–H groups in total. The first-order valence-electron chi connectivity index (χ1n) is 29.6. The highest BCUT2D eigenvalue weighted by molar-refractivity contribution is 5.71. The van der Waals surface area contributed by atoms with Crippen LogP contribution < -0.4 is 0 Å². The summed E-state index contributed by atoms with van der Waals surface area (Å²) < 4.78 is 16.8. The highest BCUT2D eigenvalue weighted by Crippen LogP contribution is 2.16. The normalized spacial score (nSPS) is 12.7. The number of carbonyl (C=O) groups excluding carboxylic acids is 3. The summed E-state index contributed by atoms with van der Waals surface area (Å²) in [6.45, 7) is 6.45. The molecule has 0 heterocycles. The molecule has 0 aromatic rings. The summed E-state index contributed by atoms with van der Waals surface area (Å²) in [5.74, 6) is -0.932. The van der Waals surface area contributed by atoms with Crippen LogP contribution in [0.5, 0.6) is 0 Å². The molecule has 0 fully saturated rings. The Morgan fingerprint density at radius 1 is 0.300 bits per heavy atom. The highest BCUT2D eigenvalue weighted by Gasteiger charge is 2.19. The van der Waals surface area contributed by atoms with Gasteiger partial charge in [-0.05, 0) is 89.9 Å². The molecule has 0 spiro atoms. The Balaban J connectivity index is 4.40. The quantitative estimate of drug-likeness (QED) is 0.0261. The van der Waals surface area contributed by atoms with Crippen molar-refractivity contribution in [2.24, 2.45) is 0 Å². The average molecular weight is 976 g/mol. The van der Waals surface area contributed by atoms with E-state index in [2.05, 4.69) is 106 Å². The SMILES string of the molecule is CC/C=C\C/C=C\C/C=C\C/C=C\C/C=C\CCCCCC(=O)OC(COC(=O)CCCCCCC/C=C\C/C=C\CCC)COC(=O)CCCCCCCCCCCCCCCCCCCCCC. The second kappa shape index (κ2) is 58.2. The van der Waals surface area contributed by atoms with Gasteiger partial charge in [0.25, 0.3) is 0 Å². The minimum Gasteiger partial charge on any atom is -0.462 e. The molecule has 0 aromatic carbocycles. The van der Waals surface area contributed by atoms with E-state index in [0.717, 1.165) is 128 Å². The highest BCUT2D eigenvalue weighted by atomic mass is 16.6. The number of esters is 3. The van der Waals surface area contributed by atoms with Gasteiger partial charge in [-0.15, -0.1) is 0 Å². The van der Waals surface area contributed by atoms with Crippen molar-refractivity contribution in [3.63, 3.8) is 0 Å². The van der Waals surface area contributed by atoms with Crippen LogP contribution in [0.3, 0.4) is 0 Å². The smallest absolute Gasteiger partial charge is 0.306 e. The third kappa shape index (κ3) is 55.5. The van der Waals surface area contributed by atoms with Gasteiger partial charge in [-0.2, -0.15) is 0 Å². The zero-order chi connectivity index (χ0) is 50.7. The number of hydrogen-bond acceptors (Lipinski definition) is 6. The van der Waals surface area contributed by atoms with Gasteiger partial charge in [-0.1, -0.05) is 260 Å². The monoisotopic (exact) mass is 975 g/mol. The molecule has 0 bridgehead atoms. The third-order valence-corrected chi connectivity index (χ3v) is 12.6. The minimum absolute atomic E-state index is 0.0927. The van der Waals surface area contributed by atoms with E-state index >= 15 is 0 Å². The molecule has 0 radical (unpaired) electrons. The van der Waals surface area contributed by atoms with Crippen molar-refractivity contribution in [1.82, 2.24) is 0 Å². The van der Waals surface area contributed by atoms with Gasteiger partial charge in [0.1, 0.15) is 13.2 Å². The largest absolute Gasteiger partial charge is 0.462 e. The van der Waals surface area contributed by atoms with Gasteiger partial charge in [-0.25, -0.2) is 0 Å². The van der Waals surface area contributed by atoms with Gasteiger partial charge in [0, 0.05) is 19.3 Å². The second-order valence-corrected chi connectivity index (χ2v) is 19.5. The first kappa shape index (κ1) is 66.6. The maximum Gasteiger partial charge on any atom is 0.306 e. The molecule has 0 aromatic heterocycles. The summed E-state index contributed by atoms with van der Waals surface area (Å²) in [6, 6.07) is 0. The van der Waals surface area contributed by atoms with Gasteiger partial charge in [0.05, 0.1) is 0 Å². The summed E-state index contributed by atoms with van der Waals surface area (Å²) >= 11 is 0. The van der Waals surface area contributed by atoms with E-state index < -0.39 is 6.10 Å². The lowest BCUT2D eigenvalue weighted by Gasteiger charge is -2.18. The minimum atomic E-state index is -0.799. The predicted octanol–water partition coefficient (Wildman–Crippen LogP) is 19.9. The van der Waals surface area contributed by atoms with Gasteiger partial charge in [0.2, 0.25) is 0 Å². The molecule has 0 aliphatic carbocycles. The van der Waals surface area contributed by atoms with Crippen LogP contribution in [-0.2, 0) is 28.6 Å². The van der Waals surface area contributed by atoms with Crippen LogP contribution in [0.4, 0.5) is 0 Å². The van der Waals surface area contributed by atoms with Crippen molar-refractivity contribution in [3.8, 4) is 0 Å². The third-order valence-electron chi connectivity index (χ3n) is 12.6. The van der Waals surface area contributed by atoms with Crippen LogP contribution in [0, 0.1) is 0 Å². The predicted molar refractivity (Wildman–Crippen MR) is 302 cm³/mol. The van der Waals surface area contributed by atoms with Gasteiger partial charge in [-0.3, -0.25) is 14.4 Å².